The van der Waals surface area contributed by atoms with Gasteiger partial charge in [0.15, 0.2) is 0 Å². The molecule has 0 amide bonds. The average Bonchev–Trinajstić information content (AvgIpc) is 3.04. The number of benzene rings is 1. The Kier molecular flexibility index (Phi) is 2.26. The number of fused-ring (bicyclic) bond motifs is 2. The lowest BCUT2D eigenvalue weighted by Crippen LogP contribution is -2.01. The van der Waals surface area contributed by atoms with Crippen LogP contribution in [0.15, 0.2) is 36.5 Å². The van der Waals surface area contributed by atoms with Crippen molar-refractivity contribution in [3.8, 4) is 0 Å². The minimum Gasteiger partial charge on any atom is -0.261 e. The van der Waals surface area contributed by atoms with Crippen LogP contribution >= 0.6 is 0 Å². The van der Waals surface area contributed by atoms with Crippen molar-refractivity contribution in [2.24, 2.45) is 0 Å². The fourth-order valence-electron chi connectivity index (χ4n) is 3.46. The van der Waals surface area contributed by atoms with Gasteiger partial charge < -0.3 is 0 Å². The Morgan fingerprint density at radius 3 is 2.50 bits per heavy atom. The summed E-state index contributed by atoms with van der Waals surface area (Å²) in [7, 11) is 0. The Morgan fingerprint density at radius 1 is 0.944 bits per heavy atom. The van der Waals surface area contributed by atoms with Gasteiger partial charge in [-0.3, -0.25) is 4.98 Å². The van der Waals surface area contributed by atoms with E-state index in [0.717, 1.165) is 0 Å². The standard InChI is InChI=1S/C17H17N/c1-2-5-13-9-15(8-12(13)4-1)16-10-14-6-3-7-17(14)18-11-16/h1-2,4-5,10-11,15H,3,6-9H2. The van der Waals surface area contributed by atoms with Crippen LogP contribution in [-0.2, 0) is 25.7 Å². The number of nitrogens with zero attached hydrogens (tertiary/aromatic N) is 1. The Balaban J connectivity index is 1.66. The topological polar surface area (TPSA) is 12.9 Å². The molecule has 0 saturated carbocycles. The molecule has 18 heavy (non-hydrogen) atoms. The zero-order valence-corrected chi connectivity index (χ0v) is 10.5. The summed E-state index contributed by atoms with van der Waals surface area (Å²) in [6.45, 7) is 0. The summed E-state index contributed by atoms with van der Waals surface area (Å²) in [4.78, 5) is 4.67. The Labute approximate surface area is 108 Å². The van der Waals surface area contributed by atoms with Crippen molar-refractivity contribution in [2.75, 3.05) is 0 Å². The Hall–Kier alpha value is -1.63. The van der Waals surface area contributed by atoms with Gasteiger partial charge in [-0.25, -0.2) is 0 Å². The maximum Gasteiger partial charge on any atom is 0.0435 e. The van der Waals surface area contributed by atoms with Gasteiger partial charge in [-0.05, 0) is 60.3 Å². The SMILES string of the molecule is c1ccc2c(c1)CC(c1cnc3c(c1)CCC3)C2. The first-order valence-electron chi connectivity index (χ1n) is 6.94. The van der Waals surface area contributed by atoms with Crippen molar-refractivity contribution in [1.29, 1.82) is 0 Å². The zero-order valence-electron chi connectivity index (χ0n) is 10.5. The maximum atomic E-state index is 4.67. The molecule has 0 saturated heterocycles. The van der Waals surface area contributed by atoms with E-state index in [1.165, 1.54) is 60.1 Å². The molecule has 4 rings (SSSR count). The second-order valence-electron chi connectivity index (χ2n) is 5.60. The summed E-state index contributed by atoms with van der Waals surface area (Å²) in [5, 5.41) is 0. The van der Waals surface area contributed by atoms with Crippen molar-refractivity contribution in [3.05, 3.63) is 64.5 Å². The van der Waals surface area contributed by atoms with Gasteiger partial charge in [0.25, 0.3) is 0 Å². The Bertz CT molecular complexity index is 575. The largest absolute Gasteiger partial charge is 0.261 e. The number of hydrogen-bond donors (Lipinski definition) is 0. The minimum atomic E-state index is 0.654. The number of rotatable bonds is 1. The number of aromatic nitrogens is 1. The summed E-state index contributed by atoms with van der Waals surface area (Å²) in [5.74, 6) is 0.654. The van der Waals surface area contributed by atoms with Crippen molar-refractivity contribution in [2.45, 2.75) is 38.0 Å². The first-order chi connectivity index (χ1) is 8.90. The first-order valence-corrected chi connectivity index (χ1v) is 6.94. The quantitative estimate of drug-likeness (QED) is 0.737. The highest BCUT2D eigenvalue weighted by Crippen LogP contribution is 2.34. The van der Waals surface area contributed by atoms with Crippen LogP contribution < -0.4 is 0 Å². The van der Waals surface area contributed by atoms with Crippen molar-refractivity contribution < 1.29 is 0 Å². The summed E-state index contributed by atoms with van der Waals surface area (Å²) in [6.07, 6.45) is 8.21. The van der Waals surface area contributed by atoms with Crippen LogP contribution in [0.5, 0.6) is 0 Å². The van der Waals surface area contributed by atoms with Gasteiger partial charge in [-0.15, -0.1) is 0 Å². The molecular formula is C17H17N. The first kappa shape index (κ1) is 10.3. The van der Waals surface area contributed by atoms with Crippen molar-refractivity contribution in [1.82, 2.24) is 4.98 Å². The molecule has 1 heteroatoms. The molecule has 0 spiro atoms. The van der Waals surface area contributed by atoms with Gasteiger partial charge in [0.05, 0.1) is 0 Å². The lowest BCUT2D eigenvalue weighted by molar-refractivity contribution is 0.735. The predicted molar refractivity (Wildman–Crippen MR) is 72.9 cm³/mol. The van der Waals surface area contributed by atoms with Gasteiger partial charge in [0.1, 0.15) is 0 Å². The summed E-state index contributed by atoms with van der Waals surface area (Å²) >= 11 is 0. The van der Waals surface area contributed by atoms with E-state index in [-0.39, 0.29) is 0 Å². The van der Waals surface area contributed by atoms with Crippen LogP contribution in [0.1, 0.15) is 40.3 Å². The number of pyridine rings is 1. The molecule has 1 nitrogen and oxygen atoms in total. The lowest BCUT2D eigenvalue weighted by atomic mass is 9.96. The highest BCUT2D eigenvalue weighted by molar-refractivity contribution is 5.39. The van der Waals surface area contributed by atoms with Crippen LogP contribution in [-0.4, -0.2) is 4.98 Å². The molecule has 0 bridgehead atoms. The molecular weight excluding hydrogens is 218 g/mol. The molecule has 0 atom stereocenters. The minimum absolute atomic E-state index is 0.654. The van der Waals surface area contributed by atoms with Crippen molar-refractivity contribution >= 4 is 0 Å². The van der Waals surface area contributed by atoms with Crippen LogP contribution in [0.3, 0.4) is 0 Å². The molecule has 90 valence electrons. The van der Waals surface area contributed by atoms with Gasteiger partial charge in [0.2, 0.25) is 0 Å². The Morgan fingerprint density at radius 2 is 1.72 bits per heavy atom. The zero-order chi connectivity index (χ0) is 11.9. The van der Waals surface area contributed by atoms with Gasteiger partial charge in [-0.1, -0.05) is 30.3 Å². The van der Waals surface area contributed by atoms with Crippen molar-refractivity contribution in [3.63, 3.8) is 0 Å². The third kappa shape index (κ3) is 1.58. The number of aryl methyl sites for hydroxylation is 2. The smallest absolute Gasteiger partial charge is 0.0435 e. The van der Waals surface area contributed by atoms with E-state index in [2.05, 4.69) is 41.5 Å². The molecule has 0 N–H and O–H groups in total. The van der Waals surface area contributed by atoms with Crippen LogP contribution in [0.4, 0.5) is 0 Å². The highest BCUT2D eigenvalue weighted by atomic mass is 14.7. The van der Waals surface area contributed by atoms with Crippen LogP contribution in [0.2, 0.25) is 0 Å². The molecule has 1 aromatic heterocycles. The second-order valence-corrected chi connectivity index (χ2v) is 5.60. The molecule has 1 aromatic carbocycles. The normalized spacial score (nSPS) is 17.8. The van der Waals surface area contributed by atoms with Gasteiger partial charge >= 0.3 is 0 Å². The summed E-state index contributed by atoms with van der Waals surface area (Å²) < 4.78 is 0. The highest BCUT2D eigenvalue weighted by Gasteiger charge is 2.24. The monoisotopic (exact) mass is 235 g/mol. The molecule has 1 heterocycles. The van der Waals surface area contributed by atoms with E-state index < -0.39 is 0 Å². The fourth-order valence-corrected chi connectivity index (χ4v) is 3.46. The van der Waals surface area contributed by atoms with Gasteiger partial charge in [-0.2, -0.15) is 0 Å². The van der Waals surface area contributed by atoms with Crippen LogP contribution in [0.25, 0.3) is 0 Å². The molecule has 0 radical (unpaired) electrons. The molecule has 2 aromatic rings. The summed E-state index contributed by atoms with van der Waals surface area (Å²) in [6, 6.07) is 11.3. The molecule has 0 unspecified atom stereocenters. The molecule has 0 aliphatic heterocycles. The molecule has 2 aliphatic carbocycles. The van der Waals surface area contributed by atoms with E-state index in [0.29, 0.717) is 5.92 Å². The van der Waals surface area contributed by atoms with E-state index in [9.17, 15) is 0 Å². The second kappa shape index (κ2) is 3.94. The third-order valence-electron chi connectivity index (χ3n) is 4.46. The molecule has 0 fully saturated rings. The third-order valence-corrected chi connectivity index (χ3v) is 4.46. The number of hydrogen-bond acceptors (Lipinski definition) is 1. The average molecular weight is 235 g/mol. The van der Waals surface area contributed by atoms with Gasteiger partial charge in [0, 0.05) is 11.9 Å². The fraction of sp³-hybridized carbons (Fsp3) is 0.353. The predicted octanol–water partition coefficient (Wildman–Crippen LogP) is 3.45. The lowest BCUT2D eigenvalue weighted by Gasteiger charge is -2.10. The van der Waals surface area contributed by atoms with E-state index in [4.69, 9.17) is 0 Å². The molecule has 2 aliphatic rings. The van der Waals surface area contributed by atoms with E-state index in [1.54, 1.807) is 0 Å². The maximum absolute atomic E-state index is 4.67. The summed E-state index contributed by atoms with van der Waals surface area (Å²) in [5.41, 5.74) is 7.36. The van der Waals surface area contributed by atoms with E-state index in [1.807, 2.05) is 0 Å². The van der Waals surface area contributed by atoms with Crippen LogP contribution in [0, 0.1) is 0 Å². The van der Waals surface area contributed by atoms with E-state index >= 15 is 0 Å².